The summed E-state index contributed by atoms with van der Waals surface area (Å²) in [5.41, 5.74) is 0. The average Bonchev–Trinajstić information content (AvgIpc) is 3.12. The number of nitrogens with zero attached hydrogens (tertiary/aromatic N) is 2. The van der Waals surface area contributed by atoms with E-state index in [1.807, 2.05) is 6.92 Å². The lowest BCUT2D eigenvalue weighted by Crippen LogP contribution is -2.39. The van der Waals surface area contributed by atoms with Gasteiger partial charge >= 0.3 is 0 Å². The van der Waals surface area contributed by atoms with E-state index in [1.54, 1.807) is 0 Å². The molecule has 2 bridgehead atoms. The van der Waals surface area contributed by atoms with Gasteiger partial charge in [0.1, 0.15) is 0 Å². The van der Waals surface area contributed by atoms with Gasteiger partial charge < -0.3 is 9.73 Å². The van der Waals surface area contributed by atoms with Gasteiger partial charge in [-0.2, -0.15) is 0 Å². The standard InChI is InChI=1S/C13H19N3O2S/c1-2-12-15-16-13(18-12)19-7-11(17)14-10-6-8-3-4-9(10)5-8/h8-10H,2-7H2,1H3,(H,14,17)/t8-,9-,10-/m0/s1. The minimum absolute atomic E-state index is 0.0822. The number of aryl methyl sites for hydroxylation is 1. The van der Waals surface area contributed by atoms with Gasteiger partial charge in [0.2, 0.25) is 11.8 Å². The monoisotopic (exact) mass is 281 g/mol. The van der Waals surface area contributed by atoms with Gasteiger partial charge in [0.25, 0.3) is 5.22 Å². The molecule has 0 radical (unpaired) electrons. The largest absolute Gasteiger partial charge is 0.416 e. The van der Waals surface area contributed by atoms with Gasteiger partial charge in [0.05, 0.1) is 5.75 Å². The predicted molar refractivity (Wildman–Crippen MR) is 71.8 cm³/mol. The Morgan fingerprint density at radius 2 is 2.32 bits per heavy atom. The molecule has 0 saturated heterocycles. The van der Waals surface area contributed by atoms with Crippen LogP contribution in [0, 0.1) is 11.8 Å². The first kappa shape index (κ1) is 13.0. The topological polar surface area (TPSA) is 68.0 Å². The summed E-state index contributed by atoms with van der Waals surface area (Å²) in [4.78, 5) is 11.9. The van der Waals surface area contributed by atoms with Gasteiger partial charge in [-0.3, -0.25) is 4.79 Å². The van der Waals surface area contributed by atoms with Gasteiger partial charge in [-0.15, -0.1) is 10.2 Å². The molecular weight excluding hydrogens is 262 g/mol. The molecule has 2 aliphatic rings. The van der Waals surface area contributed by atoms with E-state index in [-0.39, 0.29) is 5.91 Å². The van der Waals surface area contributed by atoms with Crippen LogP contribution in [-0.2, 0) is 11.2 Å². The maximum absolute atomic E-state index is 11.9. The van der Waals surface area contributed by atoms with Gasteiger partial charge in [0, 0.05) is 12.5 Å². The van der Waals surface area contributed by atoms with Crippen LogP contribution in [0.2, 0.25) is 0 Å². The fourth-order valence-electron chi connectivity index (χ4n) is 3.24. The number of aromatic nitrogens is 2. The number of fused-ring (bicyclic) bond motifs is 2. The third-order valence-electron chi connectivity index (χ3n) is 4.16. The number of thioether (sulfide) groups is 1. The number of hydrogen-bond acceptors (Lipinski definition) is 5. The molecular formula is C13H19N3O2S. The van der Waals surface area contributed by atoms with E-state index in [4.69, 9.17) is 4.42 Å². The lowest BCUT2D eigenvalue weighted by atomic mass is 9.95. The van der Waals surface area contributed by atoms with Crippen LogP contribution in [0.4, 0.5) is 0 Å². The molecule has 1 heterocycles. The first-order valence-corrected chi connectivity index (χ1v) is 7.97. The number of amides is 1. The molecule has 19 heavy (non-hydrogen) atoms. The Kier molecular flexibility index (Phi) is 3.77. The average molecular weight is 281 g/mol. The highest BCUT2D eigenvalue weighted by atomic mass is 32.2. The van der Waals surface area contributed by atoms with Crippen LogP contribution in [0.15, 0.2) is 9.64 Å². The quantitative estimate of drug-likeness (QED) is 0.836. The Labute approximate surface area is 116 Å². The lowest BCUT2D eigenvalue weighted by Gasteiger charge is -2.22. The molecule has 0 aliphatic heterocycles. The van der Waals surface area contributed by atoms with Gasteiger partial charge in [-0.25, -0.2) is 0 Å². The molecule has 2 aliphatic carbocycles. The highest BCUT2D eigenvalue weighted by Crippen LogP contribution is 2.44. The summed E-state index contributed by atoms with van der Waals surface area (Å²) in [6, 6.07) is 0.403. The molecule has 1 N–H and O–H groups in total. The second-order valence-electron chi connectivity index (χ2n) is 5.45. The van der Waals surface area contributed by atoms with Crippen molar-refractivity contribution in [2.24, 2.45) is 11.8 Å². The van der Waals surface area contributed by atoms with E-state index < -0.39 is 0 Å². The molecule has 0 aromatic carbocycles. The predicted octanol–water partition coefficient (Wildman–Crippen LogP) is 2.03. The highest BCUT2D eigenvalue weighted by molar-refractivity contribution is 7.99. The maximum Gasteiger partial charge on any atom is 0.277 e. The van der Waals surface area contributed by atoms with E-state index in [2.05, 4.69) is 15.5 Å². The van der Waals surface area contributed by atoms with Crippen LogP contribution in [-0.4, -0.2) is 27.9 Å². The van der Waals surface area contributed by atoms with Crippen molar-refractivity contribution in [1.29, 1.82) is 0 Å². The molecule has 1 aromatic heterocycles. The van der Waals surface area contributed by atoms with E-state index in [9.17, 15) is 4.79 Å². The van der Waals surface area contributed by atoms with Crippen LogP contribution >= 0.6 is 11.8 Å². The molecule has 3 atom stereocenters. The number of carbonyl (C=O) groups excluding carboxylic acids is 1. The SMILES string of the molecule is CCc1nnc(SCC(=O)N[C@H]2C[C@H]3CC[C@H]2C3)o1. The van der Waals surface area contributed by atoms with Crippen LogP contribution in [0.5, 0.6) is 0 Å². The first-order valence-electron chi connectivity index (χ1n) is 6.99. The van der Waals surface area contributed by atoms with Crippen molar-refractivity contribution in [2.75, 3.05) is 5.75 Å². The number of nitrogens with one attached hydrogen (secondary N) is 1. The van der Waals surface area contributed by atoms with Gasteiger partial charge in [-0.1, -0.05) is 25.1 Å². The van der Waals surface area contributed by atoms with Crippen LogP contribution in [0.1, 0.15) is 38.5 Å². The fraction of sp³-hybridized carbons (Fsp3) is 0.769. The summed E-state index contributed by atoms with van der Waals surface area (Å²) < 4.78 is 5.36. The number of rotatable bonds is 5. The highest BCUT2D eigenvalue weighted by Gasteiger charge is 2.39. The summed E-state index contributed by atoms with van der Waals surface area (Å²) in [6.07, 6.45) is 5.84. The molecule has 6 heteroatoms. The molecule has 104 valence electrons. The zero-order valence-corrected chi connectivity index (χ0v) is 11.9. The molecule has 1 aromatic rings. The Balaban J connectivity index is 1.44. The summed E-state index contributed by atoms with van der Waals surface area (Å²) in [7, 11) is 0. The summed E-state index contributed by atoms with van der Waals surface area (Å²) in [6.45, 7) is 1.96. The normalized spacial score (nSPS) is 28.8. The molecule has 2 fully saturated rings. The smallest absolute Gasteiger partial charge is 0.277 e. The Morgan fingerprint density at radius 1 is 1.42 bits per heavy atom. The van der Waals surface area contributed by atoms with Crippen molar-refractivity contribution >= 4 is 17.7 Å². The van der Waals surface area contributed by atoms with Gasteiger partial charge in [0.15, 0.2) is 0 Å². The third kappa shape index (κ3) is 2.94. The molecule has 2 saturated carbocycles. The molecule has 5 nitrogen and oxygen atoms in total. The van der Waals surface area contributed by atoms with E-state index >= 15 is 0 Å². The van der Waals surface area contributed by atoms with E-state index in [1.165, 1.54) is 37.4 Å². The second kappa shape index (κ2) is 5.53. The number of carbonyl (C=O) groups is 1. The van der Waals surface area contributed by atoms with Crippen molar-refractivity contribution in [3.8, 4) is 0 Å². The summed E-state index contributed by atoms with van der Waals surface area (Å²) >= 11 is 1.32. The van der Waals surface area contributed by atoms with Crippen molar-refractivity contribution in [3.05, 3.63) is 5.89 Å². The minimum atomic E-state index is 0.0822. The first-order chi connectivity index (χ1) is 9.24. The zero-order chi connectivity index (χ0) is 13.2. The lowest BCUT2D eigenvalue weighted by molar-refractivity contribution is -0.119. The Hall–Kier alpha value is -1.04. The van der Waals surface area contributed by atoms with Crippen molar-refractivity contribution in [3.63, 3.8) is 0 Å². The van der Waals surface area contributed by atoms with E-state index in [0.29, 0.717) is 28.8 Å². The molecule has 1 amide bonds. The fourth-order valence-corrected chi connectivity index (χ4v) is 3.83. The van der Waals surface area contributed by atoms with Gasteiger partial charge in [-0.05, 0) is 31.1 Å². The molecule has 0 unspecified atom stereocenters. The van der Waals surface area contributed by atoms with Crippen LogP contribution in [0.3, 0.4) is 0 Å². The Bertz CT molecular complexity index is 462. The second-order valence-corrected chi connectivity index (χ2v) is 6.38. The van der Waals surface area contributed by atoms with Crippen LogP contribution in [0.25, 0.3) is 0 Å². The maximum atomic E-state index is 11.9. The Morgan fingerprint density at radius 3 is 2.95 bits per heavy atom. The summed E-state index contributed by atoms with van der Waals surface area (Å²) in [5.74, 6) is 2.63. The van der Waals surface area contributed by atoms with E-state index in [0.717, 1.165) is 12.3 Å². The van der Waals surface area contributed by atoms with Crippen molar-refractivity contribution in [1.82, 2.24) is 15.5 Å². The third-order valence-corrected chi connectivity index (χ3v) is 4.98. The van der Waals surface area contributed by atoms with Crippen molar-refractivity contribution in [2.45, 2.75) is 50.3 Å². The van der Waals surface area contributed by atoms with Crippen LogP contribution < -0.4 is 5.32 Å². The summed E-state index contributed by atoms with van der Waals surface area (Å²) in [5, 5.41) is 11.4. The van der Waals surface area contributed by atoms with Crippen molar-refractivity contribution < 1.29 is 9.21 Å². The molecule has 3 rings (SSSR count). The zero-order valence-electron chi connectivity index (χ0n) is 11.1. The minimum Gasteiger partial charge on any atom is -0.416 e. The molecule has 0 spiro atoms. The number of hydrogen-bond donors (Lipinski definition) is 1.